The van der Waals surface area contributed by atoms with Gasteiger partial charge in [0.25, 0.3) is 5.91 Å². The molecule has 5 rings (SSSR count). The van der Waals surface area contributed by atoms with Crippen LogP contribution in [-0.4, -0.2) is 52.2 Å². The van der Waals surface area contributed by atoms with Crippen LogP contribution in [0.5, 0.6) is 5.75 Å². The van der Waals surface area contributed by atoms with Crippen molar-refractivity contribution < 1.29 is 19.6 Å². The lowest BCUT2D eigenvalue weighted by atomic mass is 9.76. The summed E-state index contributed by atoms with van der Waals surface area (Å²) in [6.07, 6.45) is 1.38. The number of amides is 1. The third-order valence-electron chi connectivity index (χ3n) is 6.13. The Balaban J connectivity index is 1.71. The van der Waals surface area contributed by atoms with E-state index >= 15 is 0 Å². The minimum absolute atomic E-state index is 0.138. The number of methoxy groups -OCH3 is 1. The summed E-state index contributed by atoms with van der Waals surface area (Å²) in [5.41, 5.74) is 4.54. The molecule has 0 aliphatic carbocycles. The number of aryl methyl sites for hydroxylation is 1. The first-order valence-corrected chi connectivity index (χ1v) is 11.0. The highest BCUT2D eigenvalue weighted by atomic mass is 32.1. The summed E-state index contributed by atoms with van der Waals surface area (Å²) in [5, 5.41) is 31.0. The van der Waals surface area contributed by atoms with Gasteiger partial charge in [0.2, 0.25) is 0 Å². The maximum atomic E-state index is 13.3. The van der Waals surface area contributed by atoms with Gasteiger partial charge in [0, 0.05) is 34.6 Å². The maximum absolute atomic E-state index is 13.3. The molecule has 1 amide bonds. The Kier molecular flexibility index (Phi) is 4.86. The fourth-order valence-electron chi connectivity index (χ4n) is 4.46. The number of carbonyl (C=O) groups is 1. The summed E-state index contributed by atoms with van der Waals surface area (Å²) in [4.78, 5) is 15.9. The molecular weight excluding hydrogens is 413 g/mol. The average molecular weight is 433 g/mol. The maximum Gasteiger partial charge on any atom is 0.492 e. The summed E-state index contributed by atoms with van der Waals surface area (Å²) in [6, 6.07) is 11.3. The van der Waals surface area contributed by atoms with Crippen LogP contribution in [0.4, 0.5) is 0 Å². The summed E-state index contributed by atoms with van der Waals surface area (Å²) in [7, 11) is -0.166. The van der Waals surface area contributed by atoms with Crippen molar-refractivity contribution in [2.24, 2.45) is 0 Å². The van der Waals surface area contributed by atoms with Gasteiger partial charge in [-0.3, -0.25) is 4.79 Å². The molecule has 0 radical (unpaired) electrons. The highest BCUT2D eigenvalue weighted by molar-refractivity contribution is 7.13. The van der Waals surface area contributed by atoms with Crippen LogP contribution >= 0.6 is 11.3 Å². The molecule has 1 aromatic carbocycles. The number of benzene rings is 1. The van der Waals surface area contributed by atoms with Gasteiger partial charge in [-0.05, 0) is 48.1 Å². The molecule has 0 bridgehead atoms. The molecule has 31 heavy (non-hydrogen) atoms. The second kappa shape index (κ2) is 7.57. The molecule has 9 heteroatoms. The van der Waals surface area contributed by atoms with Crippen molar-refractivity contribution in [3.05, 3.63) is 47.0 Å². The zero-order valence-electron chi connectivity index (χ0n) is 16.9. The first-order valence-electron chi connectivity index (χ1n) is 10.1. The highest BCUT2D eigenvalue weighted by Crippen LogP contribution is 2.42. The molecule has 1 fully saturated rings. The van der Waals surface area contributed by atoms with Gasteiger partial charge < -0.3 is 24.3 Å². The predicted molar refractivity (Wildman–Crippen MR) is 118 cm³/mol. The Morgan fingerprint density at radius 2 is 2.13 bits per heavy atom. The molecule has 3 aromatic rings. The van der Waals surface area contributed by atoms with E-state index in [0.717, 1.165) is 27.3 Å². The van der Waals surface area contributed by atoms with Crippen LogP contribution < -0.4 is 10.2 Å². The number of thiophene rings is 1. The summed E-state index contributed by atoms with van der Waals surface area (Å²) < 4.78 is 7.37. The lowest BCUT2D eigenvalue weighted by molar-refractivity contribution is 0.0551. The third-order valence-corrected chi connectivity index (χ3v) is 7.03. The number of nitriles is 1. The molecule has 2 aliphatic heterocycles. The Morgan fingerprint density at radius 1 is 1.29 bits per heavy atom. The smallest absolute Gasteiger partial charge is 0.492 e. The number of hydrogen-bond donors (Lipinski definition) is 2. The van der Waals surface area contributed by atoms with Crippen LogP contribution in [0.1, 0.15) is 22.5 Å². The fourth-order valence-corrected chi connectivity index (χ4v) is 5.20. The van der Waals surface area contributed by atoms with Crippen molar-refractivity contribution >= 4 is 29.8 Å². The number of fused-ring (bicyclic) bond motifs is 3. The molecule has 0 spiro atoms. The SMILES string of the molecule is COc1cc2c(cc1B(O)O)-c1c(-c3cccs3)cc(C(=O)N3CCC3C#N)n1CC2. The molecule has 2 N–H and O–H groups in total. The van der Waals surface area contributed by atoms with E-state index in [2.05, 4.69) is 6.07 Å². The number of likely N-dealkylation sites (tertiary alicyclic amines) is 1. The topological polar surface area (TPSA) is 98.7 Å². The first kappa shape index (κ1) is 19.9. The molecule has 4 heterocycles. The van der Waals surface area contributed by atoms with Crippen LogP contribution in [0.2, 0.25) is 0 Å². The lowest BCUT2D eigenvalue weighted by Gasteiger charge is -2.36. The second-order valence-electron chi connectivity index (χ2n) is 7.73. The van der Waals surface area contributed by atoms with E-state index in [1.54, 1.807) is 22.3 Å². The predicted octanol–water partition coefficient (Wildman–Crippen LogP) is 1.87. The monoisotopic (exact) mass is 433 g/mol. The van der Waals surface area contributed by atoms with Crippen molar-refractivity contribution in [3.63, 3.8) is 0 Å². The van der Waals surface area contributed by atoms with Gasteiger partial charge >= 0.3 is 7.12 Å². The average Bonchev–Trinajstić information content (AvgIpc) is 3.39. The van der Waals surface area contributed by atoms with Crippen molar-refractivity contribution in [3.8, 4) is 33.5 Å². The number of rotatable bonds is 4. The minimum atomic E-state index is -1.67. The lowest BCUT2D eigenvalue weighted by Crippen LogP contribution is -2.50. The molecule has 7 nitrogen and oxygen atoms in total. The van der Waals surface area contributed by atoms with E-state index < -0.39 is 7.12 Å². The van der Waals surface area contributed by atoms with Gasteiger partial charge in [-0.2, -0.15) is 5.26 Å². The van der Waals surface area contributed by atoms with Gasteiger partial charge in [0.05, 0.1) is 18.9 Å². The van der Waals surface area contributed by atoms with Gasteiger partial charge in [0.1, 0.15) is 17.5 Å². The number of aromatic nitrogens is 1. The summed E-state index contributed by atoms with van der Waals surface area (Å²) in [5.74, 6) is 0.293. The van der Waals surface area contributed by atoms with E-state index in [0.29, 0.717) is 37.4 Å². The quantitative estimate of drug-likeness (QED) is 0.613. The molecule has 1 atom stereocenters. The molecule has 1 unspecified atom stereocenters. The molecule has 1 saturated heterocycles. The Labute approximate surface area is 183 Å². The highest BCUT2D eigenvalue weighted by Gasteiger charge is 2.36. The van der Waals surface area contributed by atoms with Gasteiger partial charge in [-0.25, -0.2) is 0 Å². The van der Waals surface area contributed by atoms with Crippen molar-refractivity contribution in [1.82, 2.24) is 9.47 Å². The molecule has 2 aliphatic rings. The van der Waals surface area contributed by atoms with Crippen molar-refractivity contribution in [2.75, 3.05) is 13.7 Å². The first-order chi connectivity index (χ1) is 15.0. The van der Waals surface area contributed by atoms with E-state index in [4.69, 9.17) is 4.74 Å². The largest absolute Gasteiger partial charge is 0.497 e. The molecule has 156 valence electrons. The van der Waals surface area contributed by atoms with Crippen molar-refractivity contribution in [2.45, 2.75) is 25.4 Å². The molecular formula is C22H20BN3O4S. The standard InChI is InChI=1S/C22H20BN3O4S/c1-30-19-9-13-4-6-26-18(22(27)25-7-5-14(25)12-24)11-16(20-3-2-8-31-20)21(26)15(13)10-17(19)23(28)29/h2-3,8-11,14,28-29H,4-7H2,1H3. The Morgan fingerprint density at radius 3 is 2.74 bits per heavy atom. The van der Waals surface area contributed by atoms with Crippen LogP contribution in [-0.2, 0) is 13.0 Å². The number of hydrogen-bond acceptors (Lipinski definition) is 6. The number of carbonyl (C=O) groups excluding carboxylic acids is 1. The second-order valence-corrected chi connectivity index (χ2v) is 8.68. The van der Waals surface area contributed by atoms with Gasteiger partial charge in [0.15, 0.2) is 0 Å². The Hall–Kier alpha value is -3.06. The van der Waals surface area contributed by atoms with E-state index in [1.165, 1.54) is 7.11 Å². The fraction of sp³-hybridized carbons (Fsp3) is 0.273. The number of nitrogens with zero attached hydrogens (tertiary/aromatic N) is 3. The Bertz CT molecular complexity index is 1210. The van der Waals surface area contributed by atoms with E-state index in [9.17, 15) is 20.1 Å². The summed E-state index contributed by atoms with van der Waals surface area (Å²) >= 11 is 1.59. The van der Waals surface area contributed by atoms with Crippen LogP contribution in [0.25, 0.3) is 21.7 Å². The molecule has 0 saturated carbocycles. The molecule has 2 aromatic heterocycles. The zero-order chi connectivity index (χ0) is 21.7. The van der Waals surface area contributed by atoms with Gasteiger partial charge in [-0.1, -0.05) is 6.07 Å². The van der Waals surface area contributed by atoms with Crippen LogP contribution in [0, 0.1) is 11.3 Å². The summed E-state index contributed by atoms with van der Waals surface area (Å²) in [6.45, 7) is 1.20. The van der Waals surface area contributed by atoms with Gasteiger partial charge in [-0.15, -0.1) is 11.3 Å². The van der Waals surface area contributed by atoms with E-state index in [1.807, 2.05) is 34.2 Å². The minimum Gasteiger partial charge on any atom is -0.497 e. The van der Waals surface area contributed by atoms with Crippen LogP contribution in [0.3, 0.4) is 0 Å². The third kappa shape index (κ3) is 3.07. The van der Waals surface area contributed by atoms with Crippen molar-refractivity contribution in [1.29, 1.82) is 5.26 Å². The number of ether oxygens (including phenoxy) is 1. The normalized spacial score (nSPS) is 16.7. The zero-order valence-corrected chi connectivity index (χ0v) is 17.7. The van der Waals surface area contributed by atoms with Crippen LogP contribution in [0.15, 0.2) is 35.7 Å². The van der Waals surface area contributed by atoms with E-state index in [-0.39, 0.29) is 17.4 Å².